The fourth-order valence-corrected chi connectivity index (χ4v) is 2.19. The second-order valence-electron chi connectivity index (χ2n) is 3.64. The number of nitrogens with zero attached hydrogens (tertiary/aromatic N) is 1. The lowest BCUT2D eigenvalue weighted by molar-refractivity contribution is 0.277. The first-order valence-corrected chi connectivity index (χ1v) is 5.83. The van der Waals surface area contributed by atoms with E-state index in [0.717, 1.165) is 15.7 Å². The molecule has 16 heavy (non-hydrogen) atoms. The molecule has 0 atom stereocenters. The van der Waals surface area contributed by atoms with E-state index >= 15 is 0 Å². The highest BCUT2D eigenvalue weighted by Crippen LogP contribution is 2.28. The highest BCUT2D eigenvalue weighted by atomic mass is 79.9. The second kappa shape index (κ2) is 4.80. The van der Waals surface area contributed by atoms with Gasteiger partial charge in [-0.05, 0) is 18.6 Å². The van der Waals surface area contributed by atoms with Gasteiger partial charge in [-0.15, -0.1) is 0 Å². The van der Waals surface area contributed by atoms with E-state index in [0.29, 0.717) is 12.2 Å². The lowest BCUT2D eigenvalue weighted by atomic mass is 10.1. The molecule has 0 unspecified atom stereocenters. The van der Waals surface area contributed by atoms with Crippen LogP contribution in [0.4, 0.5) is 0 Å². The molecule has 0 aliphatic rings. The van der Waals surface area contributed by atoms with Gasteiger partial charge in [0.15, 0.2) is 0 Å². The number of aromatic nitrogens is 1. The van der Waals surface area contributed by atoms with Crippen molar-refractivity contribution < 1.29 is 9.63 Å². The molecule has 0 aliphatic heterocycles. The molecule has 1 aromatic heterocycles. The molecule has 1 N–H and O–H groups in total. The number of rotatable bonds is 3. The highest BCUT2D eigenvalue weighted by Gasteiger charge is 2.09. The molecule has 84 valence electrons. The third kappa shape index (κ3) is 2.33. The number of halogens is 1. The lowest BCUT2D eigenvalue weighted by Gasteiger charge is -2.00. The molecule has 1 aromatic carbocycles. The van der Waals surface area contributed by atoms with Crippen LogP contribution in [0.1, 0.15) is 11.3 Å². The molecule has 0 fully saturated rings. The van der Waals surface area contributed by atoms with Crippen molar-refractivity contribution >= 4 is 15.9 Å². The molecule has 3 nitrogen and oxygen atoms in total. The summed E-state index contributed by atoms with van der Waals surface area (Å²) in [6, 6.07) is 7.92. The summed E-state index contributed by atoms with van der Waals surface area (Å²) in [6.07, 6.45) is 0.497. The van der Waals surface area contributed by atoms with Gasteiger partial charge in [-0.3, -0.25) is 0 Å². The average Bonchev–Trinajstić information content (AvgIpc) is 2.67. The van der Waals surface area contributed by atoms with Gasteiger partial charge < -0.3 is 9.63 Å². The largest absolute Gasteiger partial charge is 0.396 e. The Bertz CT molecular complexity index is 494. The van der Waals surface area contributed by atoms with Crippen LogP contribution in [0.15, 0.2) is 33.3 Å². The van der Waals surface area contributed by atoms with Crippen LogP contribution < -0.4 is 0 Å². The zero-order chi connectivity index (χ0) is 11.5. The Kier molecular flexibility index (Phi) is 3.41. The van der Waals surface area contributed by atoms with E-state index in [1.165, 1.54) is 5.56 Å². The summed E-state index contributed by atoms with van der Waals surface area (Å²) in [5.74, 6) is 0.699. The predicted octanol–water partition coefficient (Wildman–Crippen LogP) is 2.95. The maximum Gasteiger partial charge on any atom is 0.139 e. The fourth-order valence-electron chi connectivity index (χ4n) is 1.50. The van der Waals surface area contributed by atoms with Crippen LogP contribution in [0.3, 0.4) is 0 Å². The number of aryl methyl sites for hydroxylation is 1. The monoisotopic (exact) mass is 281 g/mol. The summed E-state index contributed by atoms with van der Waals surface area (Å²) in [5, 5.41) is 12.8. The van der Waals surface area contributed by atoms with E-state index in [1.807, 2.05) is 31.2 Å². The van der Waals surface area contributed by atoms with E-state index in [9.17, 15) is 0 Å². The van der Waals surface area contributed by atoms with E-state index in [-0.39, 0.29) is 6.61 Å². The minimum absolute atomic E-state index is 0.0731. The standard InChI is InChI=1S/C12H12BrNO2/c1-8-2-3-10(11(13)6-8)12-7-9(4-5-15)16-14-12/h2-3,6-7,15H,4-5H2,1H3. The maximum absolute atomic E-state index is 8.79. The van der Waals surface area contributed by atoms with Gasteiger partial charge in [-0.1, -0.05) is 33.2 Å². The van der Waals surface area contributed by atoms with Gasteiger partial charge in [0.05, 0.1) is 6.61 Å². The first kappa shape index (κ1) is 11.4. The number of benzene rings is 1. The summed E-state index contributed by atoms with van der Waals surface area (Å²) < 4.78 is 6.11. The molecular formula is C12H12BrNO2. The zero-order valence-electron chi connectivity index (χ0n) is 8.90. The van der Waals surface area contributed by atoms with Crippen molar-refractivity contribution in [3.05, 3.63) is 40.1 Å². The minimum atomic E-state index is 0.0731. The Labute approximate surface area is 102 Å². The van der Waals surface area contributed by atoms with Crippen LogP contribution in [0.5, 0.6) is 0 Å². The molecule has 1 heterocycles. The molecule has 0 spiro atoms. The molecule has 0 saturated carbocycles. The van der Waals surface area contributed by atoms with Gasteiger partial charge in [0.1, 0.15) is 11.5 Å². The first-order valence-electron chi connectivity index (χ1n) is 5.03. The highest BCUT2D eigenvalue weighted by molar-refractivity contribution is 9.10. The minimum Gasteiger partial charge on any atom is -0.396 e. The van der Waals surface area contributed by atoms with Crippen LogP contribution in [-0.4, -0.2) is 16.9 Å². The van der Waals surface area contributed by atoms with E-state index in [2.05, 4.69) is 21.1 Å². The van der Waals surface area contributed by atoms with E-state index in [1.54, 1.807) is 0 Å². The van der Waals surface area contributed by atoms with Crippen LogP contribution in [0.2, 0.25) is 0 Å². The molecule has 0 amide bonds. The Morgan fingerprint density at radius 2 is 2.19 bits per heavy atom. The van der Waals surface area contributed by atoms with Crippen LogP contribution in [0.25, 0.3) is 11.3 Å². The smallest absolute Gasteiger partial charge is 0.139 e. The van der Waals surface area contributed by atoms with Gasteiger partial charge >= 0.3 is 0 Å². The quantitative estimate of drug-likeness (QED) is 0.941. The van der Waals surface area contributed by atoms with Crippen LogP contribution >= 0.6 is 15.9 Å². The summed E-state index contributed by atoms with van der Waals surface area (Å²) >= 11 is 3.50. The molecule has 2 rings (SSSR count). The van der Waals surface area contributed by atoms with Gasteiger partial charge in [-0.2, -0.15) is 0 Å². The van der Waals surface area contributed by atoms with E-state index in [4.69, 9.17) is 9.63 Å². The predicted molar refractivity (Wildman–Crippen MR) is 65.2 cm³/mol. The number of aliphatic hydroxyl groups excluding tert-OH is 1. The molecule has 4 heteroatoms. The first-order chi connectivity index (χ1) is 7.70. The van der Waals surface area contributed by atoms with Gasteiger partial charge in [-0.25, -0.2) is 0 Å². The molecule has 0 bridgehead atoms. The molecule has 0 aliphatic carbocycles. The van der Waals surface area contributed by atoms with Crippen molar-refractivity contribution in [1.29, 1.82) is 0 Å². The normalized spacial score (nSPS) is 10.7. The SMILES string of the molecule is Cc1ccc(-c2cc(CCO)on2)c(Br)c1. The van der Waals surface area contributed by atoms with Crippen molar-refractivity contribution in [3.63, 3.8) is 0 Å². The van der Waals surface area contributed by atoms with Crippen molar-refractivity contribution in [2.24, 2.45) is 0 Å². The van der Waals surface area contributed by atoms with Crippen molar-refractivity contribution in [3.8, 4) is 11.3 Å². The summed E-state index contributed by atoms with van der Waals surface area (Å²) in [7, 11) is 0. The van der Waals surface area contributed by atoms with Crippen LogP contribution in [-0.2, 0) is 6.42 Å². The Morgan fingerprint density at radius 1 is 1.38 bits per heavy atom. The van der Waals surface area contributed by atoms with Crippen molar-refractivity contribution in [2.45, 2.75) is 13.3 Å². The van der Waals surface area contributed by atoms with Gasteiger partial charge in [0.25, 0.3) is 0 Å². The zero-order valence-corrected chi connectivity index (χ0v) is 10.5. The lowest BCUT2D eigenvalue weighted by Crippen LogP contribution is -1.86. The average molecular weight is 282 g/mol. The number of aliphatic hydroxyl groups is 1. The Balaban J connectivity index is 2.35. The molecule has 0 radical (unpaired) electrons. The van der Waals surface area contributed by atoms with Crippen molar-refractivity contribution in [1.82, 2.24) is 5.16 Å². The number of hydrogen-bond acceptors (Lipinski definition) is 3. The fraction of sp³-hybridized carbons (Fsp3) is 0.250. The third-order valence-electron chi connectivity index (χ3n) is 2.32. The van der Waals surface area contributed by atoms with E-state index < -0.39 is 0 Å². The third-order valence-corrected chi connectivity index (χ3v) is 2.97. The molecule has 2 aromatic rings. The Morgan fingerprint density at radius 3 is 2.88 bits per heavy atom. The van der Waals surface area contributed by atoms with Gasteiger partial charge in [0.2, 0.25) is 0 Å². The van der Waals surface area contributed by atoms with Crippen LogP contribution in [0, 0.1) is 6.92 Å². The number of hydrogen-bond donors (Lipinski definition) is 1. The summed E-state index contributed by atoms with van der Waals surface area (Å²) in [4.78, 5) is 0. The second-order valence-corrected chi connectivity index (χ2v) is 4.49. The molecular weight excluding hydrogens is 270 g/mol. The molecule has 0 saturated heterocycles. The topological polar surface area (TPSA) is 46.3 Å². The maximum atomic E-state index is 8.79. The summed E-state index contributed by atoms with van der Waals surface area (Å²) in [6.45, 7) is 2.11. The van der Waals surface area contributed by atoms with Crippen molar-refractivity contribution in [2.75, 3.05) is 6.61 Å². The Hall–Kier alpha value is -1.13. The summed E-state index contributed by atoms with van der Waals surface area (Å²) in [5.41, 5.74) is 2.98. The van der Waals surface area contributed by atoms with Gasteiger partial charge in [0, 0.05) is 22.5 Å².